The van der Waals surface area contributed by atoms with Crippen LogP contribution in [0.15, 0.2) is 260 Å². The van der Waals surface area contributed by atoms with E-state index < -0.39 is 15.1 Å². The van der Waals surface area contributed by atoms with Gasteiger partial charge in [0, 0.05) is 37.1 Å². The van der Waals surface area contributed by atoms with Crippen LogP contribution < -0.4 is 32.1 Å². The van der Waals surface area contributed by atoms with E-state index in [0.717, 1.165) is 27.1 Å². The molecule has 0 aliphatic carbocycles. The van der Waals surface area contributed by atoms with Crippen LogP contribution in [0.5, 0.6) is 0 Å². The molecule has 0 aliphatic rings. The van der Waals surface area contributed by atoms with Crippen LogP contribution in [0.25, 0.3) is 0 Å². The Kier molecular flexibility index (Phi) is 18.6. The van der Waals surface area contributed by atoms with Crippen LogP contribution in [-0.4, -0.2) is 15.0 Å². The van der Waals surface area contributed by atoms with E-state index in [9.17, 15) is 4.57 Å². The lowest BCUT2D eigenvalue weighted by Gasteiger charge is -2.18. The third-order valence-corrected chi connectivity index (χ3v) is 14.6. The molecular weight excluding hydrogens is 836 g/mol. The molecule has 0 unspecified atom stereocenters. The maximum atomic E-state index is 13.8. The highest BCUT2D eigenvalue weighted by Crippen LogP contribution is 2.41. The first-order valence-corrected chi connectivity index (χ1v) is 23.0. The van der Waals surface area contributed by atoms with Crippen molar-refractivity contribution in [2.24, 2.45) is 0 Å². The van der Waals surface area contributed by atoms with Crippen LogP contribution in [0, 0.1) is 0 Å². The molecule has 0 saturated heterocycles. The van der Waals surface area contributed by atoms with Gasteiger partial charge in [0.05, 0.1) is 5.44 Å². The highest BCUT2D eigenvalue weighted by Gasteiger charge is 2.30. The van der Waals surface area contributed by atoms with Gasteiger partial charge in [-0.25, -0.2) is 4.98 Å². The molecular formula is C53H48BrN3OP2. The topological polar surface area (TPSA) is 55.7 Å². The van der Waals surface area contributed by atoms with Crippen molar-refractivity contribution in [2.75, 3.05) is 0 Å². The molecule has 9 aromatic rings. The van der Waals surface area contributed by atoms with E-state index in [-0.39, 0.29) is 7.43 Å². The van der Waals surface area contributed by atoms with Gasteiger partial charge in [-0.05, 0) is 80.5 Å². The molecule has 4 nitrogen and oxygen atoms in total. The van der Waals surface area contributed by atoms with Crippen molar-refractivity contribution < 1.29 is 4.57 Å². The third kappa shape index (κ3) is 13.5. The number of pyridine rings is 3. The molecule has 3 heterocycles. The normalized spacial score (nSPS) is 10.2. The Morgan fingerprint density at radius 2 is 0.767 bits per heavy atom. The van der Waals surface area contributed by atoms with Crippen molar-refractivity contribution in [2.45, 2.75) is 13.8 Å². The summed E-state index contributed by atoms with van der Waals surface area (Å²) in [5.74, 6) is 0. The number of benzene rings is 6. The molecule has 298 valence electrons. The summed E-state index contributed by atoms with van der Waals surface area (Å²) in [6.45, 7) is 0. The van der Waals surface area contributed by atoms with E-state index in [2.05, 4.69) is 164 Å². The van der Waals surface area contributed by atoms with Crippen LogP contribution in [0.4, 0.5) is 0 Å². The highest BCUT2D eigenvalue weighted by molar-refractivity contribution is 9.10. The highest BCUT2D eigenvalue weighted by atomic mass is 79.9. The largest absolute Gasteiger partial charge is 0.307 e. The smallest absolute Gasteiger partial charge is 0.188 e. The quantitative estimate of drug-likeness (QED) is 0.113. The van der Waals surface area contributed by atoms with Gasteiger partial charge in [0.25, 0.3) is 0 Å². The van der Waals surface area contributed by atoms with Crippen LogP contribution >= 0.6 is 31.0 Å². The van der Waals surface area contributed by atoms with E-state index in [4.69, 9.17) is 0 Å². The molecule has 0 fully saturated rings. The molecule has 0 N–H and O–H groups in total. The molecule has 0 bridgehead atoms. The maximum Gasteiger partial charge on any atom is 0.188 e. The molecule has 3 aromatic heterocycles. The van der Waals surface area contributed by atoms with Crippen LogP contribution in [-0.2, 0) is 11.0 Å². The average molecular weight is 885 g/mol. The summed E-state index contributed by atoms with van der Waals surface area (Å²) in [5, 5.41) is 4.29. The van der Waals surface area contributed by atoms with Gasteiger partial charge in [0.2, 0.25) is 0 Å². The van der Waals surface area contributed by atoms with Gasteiger partial charge in [-0.1, -0.05) is 208 Å². The van der Waals surface area contributed by atoms with E-state index in [1.165, 1.54) is 21.7 Å². The second kappa shape index (κ2) is 24.7. The Balaban J connectivity index is 0.000000159. The van der Waals surface area contributed by atoms with Crippen molar-refractivity contribution in [1.29, 1.82) is 0 Å². The first-order chi connectivity index (χ1) is 29.1. The van der Waals surface area contributed by atoms with Gasteiger partial charge in [0.15, 0.2) is 7.14 Å². The Bertz CT molecular complexity index is 2290. The zero-order valence-corrected chi connectivity index (χ0v) is 35.9. The van der Waals surface area contributed by atoms with E-state index in [1.807, 2.05) is 109 Å². The summed E-state index contributed by atoms with van der Waals surface area (Å²) in [7, 11) is -3.44. The zero-order chi connectivity index (χ0) is 40.8. The number of rotatable bonds is 8. The molecule has 0 amide bonds. The lowest BCUT2D eigenvalue weighted by Crippen LogP contribution is -2.26. The zero-order valence-electron chi connectivity index (χ0n) is 32.5. The minimum atomic E-state index is -2.89. The number of aromatic nitrogens is 3. The van der Waals surface area contributed by atoms with Crippen molar-refractivity contribution in [3.05, 3.63) is 271 Å². The van der Waals surface area contributed by atoms with Crippen LogP contribution in [0.2, 0.25) is 0 Å². The molecule has 0 spiro atoms. The predicted molar refractivity (Wildman–Crippen MR) is 261 cm³/mol. The summed E-state index contributed by atoms with van der Waals surface area (Å²) in [5.41, 5.74) is 4.51. The fourth-order valence-electron chi connectivity index (χ4n) is 6.05. The Morgan fingerprint density at radius 3 is 1.12 bits per heavy atom. The number of halogens is 1. The second-order valence-electron chi connectivity index (χ2n) is 13.0. The van der Waals surface area contributed by atoms with Crippen molar-refractivity contribution in [1.82, 2.24) is 15.0 Å². The standard InChI is InChI=1S/C17H14NOP.C17H14NP.C13H12.C5H4BrN.CH4/c19-20(15-9-3-1-4-10-15,16-11-5-2-6-12-16)17-13-7-8-14-18-17;1-3-9-15(10-4-1)19(16-11-5-2-6-12-16)17-13-7-8-14-18-17;1-3-7-12(8-4-1)11-13-9-5-2-6-10-13;6-5-3-1-2-4-7-5;/h1-14H;1-14H;1-10H,11H2;1-4H;1H4. The third-order valence-electron chi connectivity index (χ3n) is 8.84. The van der Waals surface area contributed by atoms with E-state index in [1.54, 1.807) is 12.4 Å². The minimum Gasteiger partial charge on any atom is -0.307 e. The van der Waals surface area contributed by atoms with Gasteiger partial charge in [-0.2, -0.15) is 0 Å². The first-order valence-electron chi connectivity index (χ1n) is 19.2. The predicted octanol–water partition coefficient (Wildman–Crippen LogP) is 11.3. The lowest BCUT2D eigenvalue weighted by atomic mass is 10.1. The van der Waals surface area contributed by atoms with Gasteiger partial charge >= 0.3 is 0 Å². The molecule has 0 atom stereocenters. The molecule has 9 rings (SSSR count). The first kappa shape index (κ1) is 45.0. The van der Waals surface area contributed by atoms with Gasteiger partial charge in [0.1, 0.15) is 10.0 Å². The minimum absolute atomic E-state index is 0. The molecule has 60 heavy (non-hydrogen) atoms. The molecule has 7 heteroatoms. The van der Waals surface area contributed by atoms with E-state index >= 15 is 0 Å². The Hall–Kier alpha value is -6.09. The van der Waals surface area contributed by atoms with Crippen molar-refractivity contribution in [3.63, 3.8) is 0 Å². The average Bonchev–Trinajstić information content (AvgIpc) is 3.32. The fourth-order valence-corrected chi connectivity index (χ4v) is 11.0. The Morgan fingerprint density at radius 1 is 0.400 bits per heavy atom. The van der Waals surface area contributed by atoms with E-state index in [0.29, 0.717) is 5.44 Å². The number of hydrogen-bond acceptors (Lipinski definition) is 4. The van der Waals surface area contributed by atoms with Crippen LogP contribution in [0.3, 0.4) is 0 Å². The fraction of sp³-hybridized carbons (Fsp3) is 0.0377. The summed E-state index contributed by atoms with van der Waals surface area (Å²) in [4.78, 5) is 12.8. The molecule has 0 saturated carbocycles. The van der Waals surface area contributed by atoms with Gasteiger partial charge in [-0.3, -0.25) is 9.97 Å². The molecule has 0 aliphatic heterocycles. The number of hydrogen-bond donors (Lipinski definition) is 0. The maximum absolute atomic E-state index is 13.8. The summed E-state index contributed by atoms with van der Waals surface area (Å²) in [6.07, 6.45) is 6.33. The van der Waals surface area contributed by atoms with Crippen molar-refractivity contribution in [3.8, 4) is 0 Å². The van der Waals surface area contributed by atoms with Gasteiger partial charge < -0.3 is 4.57 Å². The molecule has 6 aromatic carbocycles. The number of nitrogens with zero attached hydrogens (tertiary/aromatic N) is 3. The van der Waals surface area contributed by atoms with Crippen LogP contribution in [0.1, 0.15) is 18.6 Å². The summed E-state index contributed by atoms with van der Waals surface area (Å²) >= 11 is 3.20. The SMILES string of the molecule is Brc1ccccn1.C.O=P(c1ccccc1)(c1ccccc1)c1ccccn1.c1ccc(Cc2ccccc2)cc1.c1ccc(P(c2ccccc2)c2ccccn2)cc1. The van der Waals surface area contributed by atoms with Crippen molar-refractivity contribution >= 4 is 63.1 Å². The second-order valence-corrected chi connectivity index (χ2v) is 18.6. The summed E-state index contributed by atoms with van der Waals surface area (Å²) in [6, 6.07) is 78.8. The molecule has 0 radical (unpaired) electrons. The Labute approximate surface area is 365 Å². The lowest BCUT2D eigenvalue weighted by molar-refractivity contribution is 0.592. The monoisotopic (exact) mass is 883 g/mol. The summed E-state index contributed by atoms with van der Waals surface area (Å²) < 4.78 is 14.6. The van der Waals surface area contributed by atoms with Gasteiger partial charge in [-0.15, -0.1) is 0 Å².